The zero-order valence-corrected chi connectivity index (χ0v) is 17.5. The van der Waals surface area contributed by atoms with Crippen molar-refractivity contribution < 1.29 is 28.5 Å². The summed E-state index contributed by atoms with van der Waals surface area (Å²) >= 11 is 0. The van der Waals surface area contributed by atoms with Gasteiger partial charge >= 0.3 is 11.9 Å². The largest absolute Gasteiger partial charge is 0.485 e. The standard InChI is InChI=1S/C24H26N2O6/c27-23(31-21-15-25-13-19(21)29-17-7-3-1-4-8-17)11-12-24(28)32-22-16-26-14-20(22)30-18-9-5-2-6-10-18/h1-12,19-22,25-26H,13-16H2/b12-11+. The number of benzene rings is 2. The molecule has 0 amide bonds. The number of rotatable bonds is 8. The van der Waals surface area contributed by atoms with E-state index in [9.17, 15) is 9.59 Å². The lowest BCUT2D eigenvalue weighted by molar-refractivity contribution is -0.148. The molecular formula is C24H26N2O6. The van der Waals surface area contributed by atoms with Crippen LogP contribution in [0.4, 0.5) is 0 Å². The van der Waals surface area contributed by atoms with E-state index in [4.69, 9.17) is 18.9 Å². The Morgan fingerprint density at radius 3 is 1.41 bits per heavy atom. The zero-order chi connectivity index (χ0) is 22.2. The first kappa shape index (κ1) is 21.9. The van der Waals surface area contributed by atoms with E-state index in [1.54, 1.807) is 0 Å². The molecule has 2 saturated heterocycles. The summed E-state index contributed by atoms with van der Waals surface area (Å²) in [6.07, 6.45) is 0.646. The molecule has 2 aliphatic rings. The van der Waals surface area contributed by atoms with Gasteiger partial charge in [0.15, 0.2) is 12.2 Å². The van der Waals surface area contributed by atoms with Gasteiger partial charge in [-0.05, 0) is 24.3 Å². The van der Waals surface area contributed by atoms with E-state index in [0.29, 0.717) is 37.7 Å². The summed E-state index contributed by atoms with van der Waals surface area (Å²) in [7, 11) is 0. The van der Waals surface area contributed by atoms with E-state index in [1.165, 1.54) is 0 Å². The lowest BCUT2D eigenvalue weighted by atomic mass is 10.2. The van der Waals surface area contributed by atoms with Crippen LogP contribution in [0.1, 0.15) is 0 Å². The van der Waals surface area contributed by atoms with Crippen molar-refractivity contribution in [3.63, 3.8) is 0 Å². The highest BCUT2D eigenvalue weighted by Gasteiger charge is 2.33. The third-order valence-electron chi connectivity index (χ3n) is 5.16. The van der Waals surface area contributed by atoms with Gasteiger partial charge in [-0.15, -0.1) is 0 Å². The average Bonchev–Trinajstić information content (AvgIpc) is 3.43. The highest BCUT2D eigenvalue weighted by Crippen LogP contribution is 2.18. The number of hydrogen-bond acceptors (Lipinski definition) is 8. The van der Waals surface area contributed by atoms with Crippen LogP contribution in [0.5, 0.6) is 11.5 Å². The van der Waals surface area contributed by atoms with Gasteiger partial charge in [0.25, 0.3) is 0 Å². The van der Waals surface area contributed by atoms with Crippen LogP contribution in [-0.4, -0.2) is 62.5 Å². The first-order valence-corrected chi connectivity index (χ1v) is 10.6. The third kappa shape index (κ3) is 6.09. The first-order chi connectivity index (χ1) is 15.7. The highest BCUT2D eigenvalue weighted by molar-refractivity contribution is 5.91. The molecule has 4 atom stereocenters. The number of esters is 2. The molecule has 2 heterocycles. The van der Waals surface area contributed by atoms with E-state index >= 15 is 0 Å². The van der Waals surface area contributed by atoms with Gasteiger partial charge in [-0.3, -0.25) is 0 Å². The van der Waals surface area contributed by atoms with Crippen molar-refractivity contribution in [2.75, 3.05) is 26.2 Å². The van der Waals surface area contributed by atoms with Crippen molar-refractivity contribution in [2.24, 2.45) is 0 Å². The molecule has 0 spiro atoms. The molecule has 0 saturated carbocycles. The summed E-state index contributed by atoms with van der Waals surface area (Å²) in [5.74, 6) is 0.163. The van der Waals surface area contributed by atoms with Gasteiger partial charge in [0.05, 0.1) is 0 Å². The first-order valence-electron chi connectivity index (χ1n) is 10.6. The minimum atomic E-state index is -0.626. The van der Waals surface area contributed by atoms with Crippen LogP contribution in [0.2, 0.25) is 0 Å². The maximum absolute atomic E-state index is 12.2. The molecule has 0 radical (unpaired) electrons. The Kier molecular flexibility index (Phi) is 7.37. The lowest BCUT2D eigenvalue weighted by Crippen LogP contribution is -2.34. The van der Waals surface area contributed by atoms with E-state index < -0.39 is 24.1 Å². The molecule has 4 rings (SSSR count). The molecule has 0 bridgehead atoms. The van der Waals surface area contributed by atoms with Gasteiger partial charge in [0.1, 0.15) is 23.7 Å². The summed E-state index contributed by atoms with van der Waals surface area (Å²) < 4.78 is 22.7. The van der Waals surface area contributed by atoms with E-state index in [1.807, 2.05) is 60.7 Å². The number of ether oxygens (including phenoxy) is 4. The Morgan fingerprint density at radius 1 is 0.625 bits per heavy atom. The van der Waals surface area contributed by atoms with Crippen LogP contribution in [0.25, 0.3) is 0 Å². The van der Waals surface area contributed by atoms with Gasteiger partial charge in [-0.25, -0.2) is 9.59 Å². The Bertz CT molecular complexity index is 845. The quantitative estimate of drug-likeness (QED) is 0.473. The Morgan fingerprint density at radius 2 is 1.00 bits per heavy atom. The predicted molar refractivity (Wildman–Crippen MR) is 116 cm³/mol. The Balaban J connectivity index is 1.24. The Labute approximate surface area is 186 Å². The fourth-order valence-electron chi connectivity index (χ4n) is 3.59. The van der Waals surface area contributed by atoms with Gasteiger partial charge < -0.3 is 29.6 Å². The van der Waals surface area contributed by atoms with Crippen LogP contribution in [0.15, 0.2) is 72.8 Å². The number of nitrogens with one attached hydrogen (secondary N) is 2. The van der Waals surface area contributed by atoms with Crippen molar-refractivity contribution in [3.8, 4) is 11.5 Å². The summed E-state index contributed by atoms with van der Waals surface area (Å²) in [6.45, 7) is 2.09. The molecular weight excluding hydrogens is 412 g/mol. The minimum Gasteiger partial charge on any atom is -0.485 e. The van der Waals surface area contributed by atoms with Gasteiger partial charge in [0, 0.05) is 38.3 Å². The van der Waals surface area contributed by atoms with Gasteiger partial charge in [0.2, 0.25) is 0 Å². The number of para-hydroxylation sites is 2. The topological polar surface area (TPSA) is 95.1 Å². The Hall–Kier alpha value is -3.36. The van der Waals surface area contributed by atoms with E-state index in [2.05, 4.69) is 10.6 Å². The summed E-state index contributed by atoms with van der Waals surface area (Å²) in [4.78, 5) is 24.4. The lowest BCUT2D eigenvalue weighted by Gasteiger charge is -2.20. The van der Waals surface area contributed by atoms with Crippen molar-refractivity contribution in [1.82, 2.24) is 10.6 Å². The number of hydrogen-bond donors (Lipinski definition) is 2. The molecule has 2 aromatic rings. The summed E-state index contributed by atoms with van der Waals surface area (Å²) in [6, 6.07) is 18.7. The maximum atomic E-state index is 12.2. The fourth-order valence-corrected chi connectivity index (χ4v) is 3.59. The SMILES string of the molecule is O=C(/C=C/C(=O)OC1CNCC1Oc1ccccc1)OC1CNCC1Oc1ccccc1. The molecule has 0 aliphatic carbocycles. The van der Waals surface area contributed by atoms with Gasteiger partial charge in [-0.2, -0.15) is 0 Å². The van der Waals surface area contributed by atoms with Crippen LogP contribution in [-0.2, 0) is 19.1 Å². The van der Waals surface area contributed by atoms with Crippen LogP contribution < -0.4 is 20.1 Å². The maximum Gasteiger partial charge on any atom is 0.331 e. The van der Waals surface area contributed by atoms with Crippen molar-refractivity contribution in [2.45, 2.75) is 24.4 Å². The smallest absolute Gasteiger partial charge is 0.331 e. The molecule has 8 nitrogen and oxygen atoms in total. The van der Waals surface area contributed by atoms with Crippen molar-refractivity contribution in [3.05, 3.63) is 72.8 Å². The molecule has 0 aromatic heterocycles. The van der Waals surface area contributed by atoms with Crippen molar-refractivity contribution in [1.29, 1.82) is 0 Å². The summed E-state index contributed by atoms with van der Waals surface area (Å²) in [5, 5.41) is 6.29. The van der Waals surface area contributed by atoms with Crippen LogP contribution in [0.3, 0.4) is 0 Å². The molecule has 2 N–H and O–H groups in total. The number of carbonyl (C=O) groups excluding carboxylic acids is 2. The predicted octanol–water partition coefficient (Wildman–Crippen LogP) is 1.47. The van der Waals surface area contributed by atoms with Crippen molar-refractivity contribution >= 4 is 11.9 Å². The molecule has 32 heavy (non-hydrogen) atoms. The van der Waals surface area contributed by atoms with Gasteiger partial charge in [-0.1, -0.05) is 36.4 Å². The molecule has 2 fully saturated rings. The molecule has 4 unspecified atom stereocenters. The second-order valence-corrected chi connectivity index (χ2v) is 7.54. The molecule has 168 valence electrons. The van der Waals surface area contributed by atoms with Crippen LogP contribution in [0, 0.1) is 0 Å². The second-order valence-electron chi connectivity index (χ2n) is 7.54. The van der Waals surface area contributed by atoms with Crippen LogP contribution >= 0.6 is 0 Å². The van der Waals surface area contributed by atoms with E-state index in [0.717, 1.165) is 12.2 Å². The second kappa shape index (κ2) is 10.8. The average molecular weight is 438 g/mol. The fraction of sp³-hybridized carbons (Fsp3) is 0.333. The molecule has 2 aromatic carbocycles. The third-order valence-corrected chi connectivity index (χ3v) is 5.16. The normalized spacial score (nSPS) is 24.9. The monoisotopic (exact) mass is 438 g/mol. The van der Waals surface area contributed by atoms with E-state index in [-0.39, 0.29) is 12.2 Å². The zero-order valence-electron chi connectivity index (χ0n) is 17.5. The minimum absolute atomic E-state index is 0.304. The molecule has 2 aliphatic heterocycles. The summed E-state index contributed by atoms with van der Waals surface area (Å²) in [5.41, 5.74) is 0. The number of carbonyl (C=O) groups is 2. The highest BCUT2D eigenvalue weighted by atomic mass is 16.6. The molecule has 8 heteroatoms.